The maximum Gasteiger partial charge on any atom is 0.0616 e. The second-order valence-corrected chi connectivity index (χ2v) is 3.75. The van der Waals surface area contributed by atoms with Gasteiger partial charge in [0.05, 0.1) is 19.1 Å². The van der Waals surface area contributed by atoms with Crippen LogP contribution in [0.3, 0.4) is 0 Å². The molecule has 16 heavy (non-hydrogen) atoms. The third-order valence-electron chi connectivity index (χ3n) is 2.75. The molecule has 78 valence electrons. The Hall–Kier alpha value is -1.96. The lowest BCUT2D eigenvalue weighted by Gasteiger charge is -2.24. The summed E-state index contributed by atoms with van der Waals surface area (Å²) < 4.78 is 0. The molecule has 0 saturated heterocycles. The molecular weight excluding hydrogens is 194 g/mol. The molecule has 1 atom stereocenters. The summed E-state index contributed by atoms with van der Waals surface area (Å²) in [6.45, 7) is 1.15. The Bertz CT molecular complexity index is 469. The van der Waals surface area contributed by atoms with E-state index in [9.17, 15) is 0 Å². The summed E-state index contributed by atoms with van der Waals surface area (Å²) in [4.78, 5) is 2.11. The SMILES string of the molecule is C#CCN(CC#C)[C@@H]1C=Cc2ccccc21. The highest BCUT2D eigenvalue weighted by atomic mass is 15.1. The van der Waals surface area contributed by atoms with Crippen LogP contribution in [0.2, 0.25) is 0 Å². The van der Waals surface area contributed by atoms with Gasteiger partial charge in [-0.2, -0.15) is 0 Å². The molecule has 0 bridgehead atoms. The van der Waals surface area contributed by atoms with Gasteiger partial charge in [0, 0.05) is 0 Å². The molecular formula is C15H13N. The molecule has 0 heterocycles. The molecule has 0 spiro atoms. The van der Waals surface area contributed by atoms with Crippen molar-refractivity contribution >= 4 is 6.08 Å². The van der Waals surface area contributed by atoms with Gasteiger partial charge < -0.3 is 0 Å². The molecule has 1 aliphatic rings. The first-order chi connectivity index (χ1) is 7.86. The Morgan fingerprint density at radius 3 is 2.50 bits per heavy atom. The van der Waals surface area contributed by atoms with Crippen LogP contribution >= 0.6 is 0 Å². The van der Waals surface area contributed by atoms with E-state index in [1.165, 1.54) is 11.1 Å². The van der Waals surface area contributed by atoms with Gasteiger partial charge in [-0.1, -0.05) is 48.3 Å². The zero-order chi connectivity index (χ0) is 11.4. The first-order valence-electron chi connectivity index (χ1n) is 5.25. The number of nitrogens with zero attached hydrogens (tertiary/aromatic N) is 1. The van der Waals surface area contributed by atoms with E-state index in [0.29, 0.717) is 13.1 Å². The second-order valence-electron chi connectivity index (χ2n) is 3.75. The normalized spacial score (nSPS) is 16.8. The first-order valence-corrected chi connectivity index (χ1v) is 5.25. The molecule has 1 nitrogen and oxygen atoms in total. The van der Waals surface area contributed by atoms with Gasteiger partial charge in [0.2, 0.25) is 0 Å². The van der Waals surface area contributed by atoms with Crippen LogP contribution in [-0.4, -0.2) is 18.0 Å². The van der Waals surface area contributed by atoms with Crippen LogP contribution in [0.4, 0.5) is 0 Å². The topological polar surface area (TPSA) is 3.24 Å². The highest BCUT2D eigenvalue weighted by molar-refractivity contribution is 5.62. The number of hydrogen-bond donors (Lipinski definition) is 0. The van der Waals surface area contributed by atoms with E-state index in [4.69, 9.17) is 12.8 Å². The highest BCUT2D eigenvalue weighted by Gasteiger charge is 2.21. The van der Waals surface area contributed by atoms with Crippen molar-refractivity contribution in [2.45, 2.75) is 6.04 Å². The van der Waals surface area contributed by atoms with Crippen LogP contribution in [0.5, 0.6) is 0 Å². The van der Waals surface area contributed by atoms with Crippen molar-refractivity contribution in [2.24, 2.45) is 0 Å². The minimum absolute atomic E-state index is 0.225. The average Bonchev–Trinajstić information content (AvgIpc) is 2.72. The molecule has 0 fully saturated rings. The molecule has 1 heteroatoms. The van der Waals surface area contributed by atoms with Crippen LogP contribution in [0, 0.1) is 24.7 Å². The molecule has 1 aromatic rings. The smallest absolute Gasteiger partial charge is 0.0616 e. The zero-order valence-corrected chi connectivity index (χ0v) is 9.06. The monoisotopic (exact) mass is 207 g/mol. The maximum absolute atomic E-state index is 5.36. The van der Waals surface area contributed by atoms with Gasteiger partial charge in [0.1, 0.15) is 0 Å². The number of benzene rings is 1. The molecule has 0 aromatic heterocycles. The number of fused-ring (bicyclic) bond motifs is 1. The summed E-state index contributed by atoms with van der Waals surface area (Å²) in [5, 5.41) is 0. The Morgan fingerprint density at radius 2 is 1.81 bits per heavy atom. The predicted molar refractivity (Wildman–Crippen MR) is 67.5 cm³/mol. The second kappa shape index (κ2) is 4.71. The van der Waals surface area contributed by atoms with Crippen LogP contribution in [0.1, 0.15) is 17.2 Å². The third kappa shape index (κ3) is 1.87. The Kier molecular flexibility index (Phi) is 3.10. The number of rotatable bonds is 3. The lowest BCUT2D eigenvalue weighted by atomic mass is 10.1. The number of hydrogen-bond acceptors (Lipinski definition) is 1. The van der Waals surface area contributed by atoms with E-state index >= 15 is 0 Å². The molecule has 0 saturated carbocycles. The average molecular weight is 207 g/mol. The van der Waals surface area contributed by atoms with Crippen LogP contribution in [0.25, 0.3) is 6.08 Å². The molecule has 0 N–H and O–H groups in total. The Labute approximate surface area is 96.8 Å². The summed E-state index contributed by atoms with van der Waals surface area (Å²) in [5.41, 5.74) is 2.54. The van der Waals surface area contributed by atoms with E-state index in [-0.39, 0.29) is 6.04 Å². The van der Waals surface area contributed by atoms with Crippen molar-refractivity contribution in [1.82, 2.24) is 4.90 Å². The molecule has 0 radical (unpaired) electrons. The van der Waals surface area contributed by atoms with Crippen LogP contribution in [0.15, 0.2) is 30.3 Å². The third-order valence-corrected chi connectivity index (χ3v) is 2.75. The molecule has 1 aliphatic carbocycles. The molecule has 0 unspecified atom stereocenters. The lowest BCUT2D eigenvalue weighted by Crippen LogP contribution is -2.27. The van der Waals surface area contributed by atoms with Gasteiger partial charge in [-0.15, -0.1) is 12.8 Å². The van der Waals surface area contributed by atoms with E-state index in [2.05, 4.69) is 41.0 Å². The van der Waals surface area contributed by atoms with Crippen molar-refractivity contribution in [1.29, 1.82) is 0 Å². The van der Waals surface area contributed by atoms with Crippen molar-refractivity contribution in [2.75, 3.05) is 13.1 Å². The summed E-state index contributed by atoms with van der Waals surface area (Å²) in [5.74, 6) is 5.31. The van der Waals surface area contributed by atoms with E-state index in [0.717, 1.165) is 0 Å². The zero-order valence-electron chi connectivity index (χ0n) is 9.06. The molecule has 0 aliphatic heterocycles. The summed E-state index contributed by atoms with van der Waals surface area (Å²) in [7, 11) is 0. The molecule has 2 rings (SSSR count). The van der Waals surface area contributed by atoms with Gasteiger partial charge in [-0.3, -0.25) is 4.90 Å². The lowest BCUT2D eigenvalue weighted by molar-refractivity contribution is 0.297. The van der Waals surface area contributed by atoms with Crippen molar-refractivity contribution in [3.8, 4) is 24.7 Å². The molecule has 0 amide bonds. The van der Waals surface area contributed by atoms with E-state index in [1.807, 2.05) is 12.1 Å². The van der Waals surface area contributed by atoms with Gasteiger partial charge >= 0.3 is 0 Å². The van der Waals surface area contributed by atoms with Crippen LogP contribution in [-0.2, 0) is 0 Å². The quantitative estimate of drug-likeness (QED) is 0.688. The van der Waals surface area contributed by atoms with Gasteiger partial charge in [0.25, 0.3) is 0 Å². The van der Waals surface area contributed by atoms with Crippen molar-refractivity contribution in [3.63, 3.8) is 0 Å². The first kappa shape index (κ1) is 10.6. The summed E-state index contributed by atoms with van der Waals surface area (Å²) in [6, 6.07) is 8.54. The fraction of sp³-hybridized carbons (Fsp3) is 0.200. The van der Waals surface area contributed by atoms with E-state index in [1.54, 1.807) is 0 Å². The van der Waals surface area contributed by atoms with Crippen LogP contribution < -0.4 is 0 Å². The van der Waals surface area contributed by atoms with E-state index < -0.39 is 0 Å². The fourth-order valence-corrected chi connectivity index (χ4v) is 2.04. The Morgan fingerprint density at radius 1 is 1.12 bits per heavy atom. The summed E-state index contributed by atoms with van der Waals surface area (Å²) >= 11 is 0. The predicted octanol–water partition coefficient (Wildman–Crippen LogP) is 2.32. The highest BCUT2D eigenvalue weighted by Crippen LogP contribution is 2.32. The minimum Gasteiger partial charge on any atom is -0.271 e. The van der Waals surface area contributed by atoms with Gasteiger partial charge in [0.15, 0.2) is 0 Å². The van der Waals surface area contributed by atoms with Crippen molar-refractivity contribution < 1.29 is 0 Å². The number of terminal acetylenes is 2. The molecule has 1 aromatic carbocycles. The standard InChI is InChI=1S/C15H13N/c1-3-11-16(12-4-2)15-10-9-13-7-5-6-8-14(13)15/h1-2,5-10,15H,11-12H2/t15-/m1/s1. The largest absolute Gasteiger partial charge is 0.271 e. The maximum atomic E-state index is 5.36. The minimum atomic E-state index is 0.225. The summed E-state index contributed by atoms with van der Waals surface area (Å²) in [6.07, 6.45) is 15.0. The van der Waals surface area contributed by atoms with Gasteiger partial charge in [-0.05, 0) is 11.1 Å². The fourth-order valence-electron chi connectivity index (χ4n) is 2.04. The van der Waals surface area contributed by atoms with Crippen molar-refractivity contribution in [3.05, 3.63) is 41.5 Å². The Balaban J connectivity index is 2.27. The van der Waals surface area contributed by atoms with Gasteiger partial charge in [-0.25, -0.2) is 0 Å².